The van der Waals surface area contributed by atoms with E-state index < -0.39 is 0 Å². The Kier molecular flexibility index (Phi) is 3.64. The molecular weight excluding hydrogens is 298 g/mol. The molecule has 0 aliphatic rings. The summed E-state index contributed by atoms with van der Waals surface area (Å²) in [6.07, 6.45) is 0.962. The smallest absolute Gasteiger partial charge is 0.202 e. The molecule has 0 spiro atoms. The molecule has 2 N–H and O–H groups in total. The van der Waals surface area contributed by atoms with Crippen molar-refractivity contribution < 1.29 is 4.79 Å². The standard InChI is InChI=1S/C13H12BrNOS/c1-2-9-4-6-12(17-9)13(16)8-3-5-11(15)10(14)7-8/h3-7H,2,15H2,1H3. The Labute approximate surface area is 113 Å². The van der Waals surface area contributed by atoms with Gasteiger partial charge in [-0.25, -0.2) is 0 Å². The molecule has 2 rings (SSSR count). The van der Waals surface area contributed by atoms with Gasteiger partial charge in [0.15, 0.2) is 0 Å². The molecule has 0 amide bonds. The Hall–Kier alpha value is -1.13. The van der Waals surface area contributed by atoms with Gasteiger partial charge in [0, 0.05) is 20.6 Å². The number of nitrogen functional groups attached to an aromatic ring is 1. The number of carbonyl (C=O) groups excluding carboxylic acids is 1. The normalized spacial score (nSPS) is 10.5. The number of thiophene rings is 1. The minimum Gasteiger partial charge on any atom is -0.398 e. The number of anilines is 1. The highest BCUT2D eigenvalue weighted by molar-refractivity contribution is 9.10. The summed E-state index contributed by atoms with van der Waals surface area (Å²) in [6.45, 7) is 2.08. The summed E-state index contributed by atoms with van der Waals surface area (Å²) < 4.78 is 0.760. The molecule has 1 heterocycles. The van der Waals surface area contributed by atoms with Crippen molar-refractivity contribution in [2.24, 2.45) is 0 Å². The maximum absolute atomic E-state index is 12.2. The van der Waals surface area contributed by atoms with Crippen LogP contribution in [-0.2, 0) is 6.42 Å². The fourth-order valence-corrected chi connectivity index (χ4v) is 2.79. The summed E-state index contributed by atoms with van der Waals surface area (Å²) in [5.74, 6) is 0.0513. The zero-order valence-corrected chi connectivity index (χ0v) is 11.8. The molecule has 1 aromatic carbocycles. The Balaban J connectivity index is 2.33. The van der Waals surface area contributed by atoms with E-state index in [1.165, 1.54) is 4.88 Å². The number of halogens is 1. The van der Waals surface area contributed by atoms with Crippen LogP contribution in [0.5, 0.6) is 0 Å². The van der Waals surface area contributed by atoms with Crippen LogP contribution in [0.25, 0.3) is 0 Å². The van der Waals surface area contributed by atoms with Crippen LogP contribution in [0.3, 0.4) is 0 Å². The first-order chi connectivity index (χ1) is 8.11. The van der Waals surface area contributed by atoms with E-state index in [-0.39, 0.29) is 5.78 Å². The fourth-order valence-electron chi connectivity index (χ4n) is 1.50. The van der Waals surface area contributed by atoms with Crippen molar-refractivity contribution in [1.82, 2.24) is 0 Å². The van der Waals surface area contributed by atoms with Crippen LogP contribution in [-0.4, -0.2) is 5.78 Å². The zero-order chi connectivity index (χ0) is 12.4. The predicted octanol–water partition coefficient (Wildman–Crippen LogP) is 3.89. The highest BCUT2D eigenvalue weighted by atomic mass is 79.9. The van der Waals surface area contributed by atoms with Crippen LogP contribution < -0.4 is 5.73 Å². The van der Waals surface area contributed by atoms with Gasteiger partial charge in [0.25, 0.3) is 0 Å². The van der Waals surface area contributed by atoms with Crippen LogP contribution in [0.4, 0.5) is 5.69 Å². The summed E-state index contributed by atoms with van der Waals surface area (Å²) in [4.78, 5) is 14.2. The molecule has 0 unspecified atom stereocenters. The van der Waals surface area contributed by atoms with Crippen molar-refractivity contribution in [3.8, 4) is 0 Å². The van der Waals surface area contributed by atoms with E-state index in [0.29, 0.717) is 11.3 Å². The summed E-state index contributed by atoms with van der Waals surface area (Å²) >= 11 is 4.88. The average Bonchev–Trinajstić information content (AvgIpc) is 2.80. The lowest BCUT2D eigenvalue weighted by Crippen LogP contribution is -1.99. The molecule has 2 aromatic rings. The summed E-state index contributed by atoms with van der Waals surface area (Å²) in [5.41, 5.74) is 7.00. The van der Waals surface area contributed by atoms with E-state index in [2.05, 4.69) is 22.9 Å². The van der Waals surface area contributed by atoms with Crippen molar-refractivity contribution >= 4 is 38.7 Å². The molecule has 17 heavy (non-hydrogen) atoms. The molecule has 0 saturated carbocycles. The van der Waals surface area contributed by atoms with Gasteiger partial charge in [0.2, 0.25) is 5.78 Å². The third-order valence-corrected chi connectivity index (χ3v) is 4.41. The molecule has 1 aromatic heterocycles. The molecule has 0 atom stereocenters. The SMILES string of the molecule is CCc1ccc(C(=O)c2ccc(N)c(Br)c2)s1. The minimum absolute atomic E-state index is 0.0513. The number of hydrogen-bond donors (Lipinski definition) is 1. The number of nitrogens with two attached hydrogens (primary N) is 1. The van der Waals surface area contributed by atoms with Crippen LogP contribution in [0.15, 0.2) is 34.8 Å². The van der Waals surface area contributed by atoms with Crippen molar-refractivity contribution in [1.29, 1.82) is 0 Å². The summed E-state index contributed by atoms with van der Waals surface area (Å²) in [5, 5.41) is 0. The molecule has 0 radical (unpaired) electrons. The van der Waals surface area contributed by atoms with Gasteiger partial charge in [0.05, 0.1) is 4.88 Å². The predicted molar refractivity (Wildman–Crippen MR) is 75.7 cm³/mol. The first-order valence-electron chi connectivity index (χ1n) is 5.30. The first-order valence-corrected chi connectivity index (χ1v) is 6.91. The van der Waals surface area contributed by atoms with Gasteiger partial charge >= 0.3 is 0 Å². The number of hydrogen-bond acceptors (Lipinski definition) is 3. The highest BCUT2D eigenvalue weighted by Crippen LogP contribution is 2.24. The van der Waals surface area contributed by atoms with Gasteiger partial charge < -0.3 is 5.73 Å². The molecule has 0 bridgehead atoms. The minimum atomic E-state index is 0.0513. The molecule has 0 fully saturated rings. The number of rotatable bonds is 3. The maximum Gasteiger partial charge on any atom is 0.202 e. The van der Waals surface area contributed by atoms with Crippen molar-refractivity contribution in [3.63, 3.8) is 0 Å². The van der Waals surface area contributed by atoms with Crippen molar-refractivity contribution in [2.75, 3.05) is 5.73 Å². The Morgan fingerprint density at radius 2 is 2.12 bits per heavy atom. The lowest BCUT2D eigenvalue weighted by Gasteiger charge is -2.01. The van der Waals surface area contributed by atoms with Gasteiger partial charge in [-0.1, -0.05) is 6.92 Å². The van der Waals surface area contributed by atoms with Crippen molar-refractivity contribution in [2.45, 2.75) is 13.3 Å². The van der Waals surface area contributed by atoms with E-state index in [1.54, 1.807) is 29.5 Å². The zero-order valence-electron chi connectivity index (χ0n) is 9.37. The van der Waals surface area contributed by atoms with Crippen LogP contribution in [0, 0.1) is 0 Å². The topological polar surface area (TPSA) is 43.1 Å². The van der Waals surface area contributed by atoms with Crippen molar-refractivity contribution in [3.05, 3.63) is 50.1 Å². The quantitative estimate of drug-likeness (QED) is 0.690. The van der Waals surface area contributed by atoms with Gasteiger partial charge in [-0.3, -0.25) is 4.79 Å². The average molecular weight is 310 g/mol. The van der Waals surface area contributed by atoms with Gasteiger partial charge in [-0.2, -0.15) is 0 Å². The maximum atomic E-state index is 12.2. The summed E-state index contributed by atoms with van der Waals surface area (Å²) in [6, 6.07) is 9.16. The van der Waals surface area contributed by atoms with E-state index >= 15 is 0 Å². The van der Waals surface area contributed by atoms with Crippen LogP contribution in [0.2, 0.25) is 0 Å². The largest absolute Gasteiger partial charge is 0.398 e. The van der Waals surface area contributed by atoms with Crippen LogP contribution >= 0.6 is 27.3 Å². The monoisotopic (exact) mass is 309 g/mol. The molecule has 0 saturated heterocycles. The molecule has 88 valence electrons. The molecule has 0 aliphatic heterocycles. The van der Waals surface area contributed by atoms with E-state index in [4.69, 9.17) is 5.73 Å². The lowest BCUT2D eigenvalue weighted by molar-refractivity contribution is 0.104. The third kappa shape index (κ3) is 2.58. The highest BCUT2D eigenvalue weighted by Gasteiger charge is 2.12. The van der Waals surface area contributed by atoms with E-state index in [9.17, 15) is 4.79 Å². The first kappa shape index (κ1) is 12.3. The molecule has 4 heteroatoms. The Morgan fingerprint density at radius 1 is 1.35 bits per heavy atom. The van der Waals surface area contributed by atoms with Gasteiger partial charge in [-0.15, -0.1) is 11.3 Å². The third-order valence-electron chi connectivity index (χ3n) is 2.50. The number of ketones is 1. The van der Waals surface area contributed by atoms with E-state index in [0.717, 1.165) is 15.8 Å². The lowest BCUT2D eigenvalue weighted by atomic mass is 10.1. The molecule has 0 aliphatic carbocycles. The second-order valence-corrected chi connectivity index (χ2v) is 5.71. The fraction of sp³-hybridized carbons (Fsp3) is 0.154. The summed E-state index contributed by atoms with van der Waals surface area (Å²) in [7, 11) is 0. The van der Waals surface area contributed by atoms with Crippen LogP contribution in [0.1, 0.15) is 27.0 Å². The second-order valence-electron chi connectivity index (χ2n) is 3.68. The molecular formula is C13H12BrNOS. The molecule has 2 nitrogen and oxygen atoms in total. The van der Waals surface area contributed by atoms with E-state index in [1.807, 2.05) is 12.1 Å². The number of aryl methyl sites for hydroxylation is 1. The number of benzene rings is 1. The van der Waals surface area contributed by atoms with Gasteiger partial charge in [0.1, 0.15) is 0 Å². The second kappa shape index (κ2) is 5.02. The van der Waals surface area contributed by atoms with Gasteiger partial charge in [-0.05, 0) is 52.7 Å². The Bertz CT molecular complexity index is 562. The Morgan fingerprint density at radius 3 is 2.71 bits per heavy atom. The number of carbonyl (C=O) groups is 1.